The molecule has 4 rings (SSSR count). The van der Waals surface area contributed by atoms with Crippen LogP contribution >= 0.6 is 0 Å². The van der Waals surface area contributed by atoms with Crippen molar-refractivity contribution in [3.8, 4) is 5.82 Å². The van der Waals surface area contributed by atoms with Gasteiger partial charge in [-0.05, 0) is 11.6 Å². The Morgan fingerprint density at radius 3 is 2.59 bits per heavy atom. The average molecular weight is 390 g/mol. The fourth-order valence-electron chi connectivity index (χ4n) is 3.65. The monoisotopic (exact) mass is 389 g/mol. The molecule has 0 unspecified atom stereocenters. The van der Waals surface area contributed by atoms with E-state index in [1.807, 2.05) is 23.9 Å². The lowest BCUT2D eigenvalue weighted by atomic mass is 10.2. The van der Waals surface area contributed by atoms with Crippen LogP contribution < -0.4 is 5.32 Å². The smallest absolute Gasteiger partial charge is 0.194 e. The van der Waals surface area contributed by atoms with E-state index in [2.05, 4.69) is 66.5 Å². The summed E-state index contributed by atoms with van der Waals surface area (Å²) in [6.07, 6.45) is 7.25. The zero-order valence-electron chi connectivity index (χ0n) is 16.8. The van der Waals surface area contributed by atoms with Gasteiger partial charge < -0.3 is 10.2 Å². The fraction of sp³-hybridized carbons (Fsp3) is 0.318. The van der Waals surface area contributed by atoms with Gasteiger partial charge in [0.05, 0.1) is 0 Å². The normalized spacial score (nSPS) is 15.5. The zero-order valence-corrected chi connectivity index (χ0v) is 16.8. The molecule has 0 radical (unpaired) electrons. The number of benzene rings is 1. The van der Waals surface area contributed by atoms with Crippen LogP contribution in [0.4, 0.5) is 0 Å². The van der Waals surface area contributed by atoms with Gasteiger partial charge >= 0.3 is 0 Å². The molecule has 1 aliphatic rings. The number of aromatic nitrogens is 3. The number of rotatable bonds is 5. The molecule has 1 aromatic carbocycles. The molecule has 0 bridgehead atoms. The van der Waals surface area contributed by atoms with Gasteiger partial charge in [0.2, 0.25) is 0 Å². The lowest BCUT2D eigenvalue weighted by Crippen LogP contribution is -2.52. The maximum Gasteiger partial charge on any atom is 0.194 e. The van der Waals surface area contributed by atoms with E-state index in [9.17, 15) is 0 Å². The van der Waals surface area contributed by atoms with Crippen LogP contribution in [-0.2, 0) is 13.1 Å². The van der Waals surface area contributed by atoms with E-state index in [0.717, 1.165) is 50.1 Å². The Balaban J connectivity index is 1.33. The molecule has 0 atom stereocenters. The summed E-state index contributed by atoms with van der Waals surface area (Å²) < 4.78 is 1.93. The summed E-state index contributed by atoms with van der Waals surface area (Å²) in [7, 11) is 1.85. The van der Waals surface area contributed by atoms with Gasteiger partial charge in [-0.2, -0.15) is 0 Å². The second kappa shape index (κ2) is 9.34. The maximum atomic E-state index is 4.51. The molecule has 2 aromatic heterocycles. The number of hydrogen-bond acceptors (Lipinski definition) is 4. The number of nitrogens with zero attached hydrogens (tertiary/aromatic N) is 6. The van der Waals surface area contributed by atoms with Crippen LogP contribution in [0.2, 0.25) is 0 Å². The first kappa shape index (κ1) is 19.1. The Kier molecular flexibility index (Phi) is 6.16. The van der Waals surface area contributed by atoms with Crippen molar-refractivity contribution in [2.45, 2.75) is 13.1 Å². The number of piperazine rings is 1. The SMILES string of the molecule is CN=C(NCc1cccnc1-n1ccnc1)N1CCN(Cc2ccccc2)CC1. The van der Waals surface area contributed by atoms with E-state index in [-0.39, 0.29) is 0 Å². The van der Waals surface area contributed by atoms with Crippen LogP contribution in [0.25, 0.3) is 5.82 Å². The first-order valence-electron chi connectivity index (χ1n) is 9.97. The Morgan fingerprint density at radius 1 is 1.03 bits per heavy atom. The summed E-state index contributed by atoms with van der Waals surface area (Å²) in [6, 6.07) is 14.7. The quantitative estimate of drug-likeness (QED) is 0.535. The standard InChI is InChI=1S/C22H27N7/c1-23-22(26-16-20-8-5-9-25-21(20)29-11-10-24-18-29)28-14-12-27(13-15-28)17-19-6-3-2-4-7-19/h2-11,18H,12-17H2,1H3,(H,23,26). The molecular weight excluding hydrogens is 362 g/mol. The van der Waals surface area contributed by atoms with Gasteiger partial charge in [-0.3, -0.25) is 14.5 Å². The molecule has 7 nitrogen and oxygen atoms in total. The summed E-state index contributed by atoms with van der Waals surface area (Å²) in [6.45, 7) is 5.66. The molecule has 3 aromatic rings. The van der Waals surface area contributed by atoms with Crippen molar-refractivity contribution in [3.63, 3.8) is 0 Å². The van der Waals surface area contributed by atoms with Crippen LogP contribution in [0.1, 0.15) is 11.1 Å². The minimum Gasteiger partial charge on any atom is -0.352 e. The topological polar surface area (TPSA) is 61.6 Å². The van der Waals surface area contributed by atoms with Crippen molar-refractivity contribution in [1.82, 2.24) is 29.7 Å². The number of pyridine rings is 1. The number of nitrogens with one attached hydrogen (secondary N) is 1. The van der Waals surface area contributed by atoms with Crippen molar-refractivity contribution in [1.29, 1.82) is 0 Å². The van der Waals surface area contributed by atoms with Gasteiger partial charge in [0, 0.05) is 70.5 Å². The van der Waals surface area contributed by atoms with Gasteiger partial charge in [-0.15, -0.1) is 0 Å². The molecule has 29 heavy (non-hydrogen) atoms. The molecule has 0 spiro atoms. The Bertz CT molecular complexity index is 913. The van der Waals surface area contributed by atoms with Gasteiger partial charge in [-0.1, -0.05) is 36.4 Å². The molecule has 0 amide bonds. The largest absolute Gasteiger partial charge is 0.352 e. The van der Waals surface area contributed by atoms with Crippen molar-refractivity contribution in [2.75, 3.05) is 33.2 Å². The van der Waals surface area contributed by atoms with Crippen molar-refractivity contribution >= 4 is 5.96 Å². The van der Waals surface area contributed by atoms with Gasteiger partial charge in [0.1, 0.15) is 12.1 Å². The zero-order chi connectivity index (χ0) is 19.9. The van der Waals surface area contributed by atoms with Crippen molar-refractivity contribution < 1.29 is 0 Å². The van der Waals surface area contributed by atoms with E-state index in [0.29, 0.717) is 6.54 Å². The second-order valence-electron chi connectivity index (χ2n) is 7.11. The number of imidazole rings is 1. The first-order chi connectivity index (χ1) is 14.3. The summed E-state index contributed by atoms with van der Waals surface area (Å²) in [5.74, 6) is 1.82. The Morgan fingerprint density at radius 2 is 1.86 bits per heavy atom. The molecular formula is C22H27N7. The van der Waals surface area contributed by atoms with Gasteiger partial charge in [-0.25, -0.2) is 9.97 Å². The van der Waals surface area contributed by atoms with E-state index in [1.165, 1.54) is 5.56 Å². The van der Waals surface area contributed by atoms with Gasteiger partial charge in [0.25, 0.3) is 0 Å². The molecule has 7 heteroatoms. The Labute approximate surface area is 171 Å². The van der Waals surface area contributed by atoms with Crippen LogP contribution in [0.5, 0.6) is 0 Å². The highest BCUT2D eigenvalue weighted by atomic mass is 15.3. The summed E-state index contributed by atoms with van der Waals surface area (Å²) >= 11 is 0. The fourth-order valence-corrected chi connectivity index (χ4v) is 3.65. The van der Waals surface area contributed by atoms with E-state index in [1.54, 1.807) is 18.7 Å². The van der Waals surface area contributed by atoms with Gasteiger partial charge in [0.15, 0.2) is 5.96 Å². The summed E-state index contributed by atoms with van der Waals surface area (Å²) in [4.78, 5) is 18.0. The molecule has 1 saturated heterocycles. The maximum absolute atomic E-state index is 4.51. The third kappa shape index (κ3) is 4.81. The van der Waals surface area contributed by atoms with Crippen LogP contribution in [0, 0.1) is 0 Å². The molecule has 1 aliphatic heterocycles. The minimum absolute atomic E-state index is 0.665. The number of hydrogen-bond donors (Lipinski definition) is 1. The molecule has 150 valence electrons. The minimum atomic E-state index is 0.665. The highest BCUT2D eigenvalue weighted by Crippen LogP contribution is 2.12. The van der Waals surface area contributed by atoms with Crippen molar-refractivity contribution in [2.24, 2.45) is 4.99 Å². The predicted molar refractivity (Wildman–Crippen MR) is 115 cm³/mol. The summed E-state index contributed by atoms with van der Waals surface area (Å²) in [5.41, 5.74) is 2.47. The molecule has 1 fully saturated rings. The van der Waals surface area contributed by atoms with Crippen LogP contribution in [0.15, 0.2) is 72.4 Å². The number of guanidine groups is 1. The second-order valence-corrected chi connectivity index (χ2v) is 7.11. The molecule has 1 N–H and O–H groups in total. The highest BCUT2D eigenvalue weighted by Gasteiger charge is 2.20. The van der Waals surface area contributed by atoms with E-state index < -0.39 is 0 Å². The lowest BCUT2D eigenvalue weighted by Gasteiger charge is -2.36. The molecule has 0 saturated carbocycles. The Hall–Kier alpha value is -3.19. The van der Waals surface area contributed by atoms with Crippen LogP contribution in [0.3, 0.4) is 0 Å². The average Bonchev–Trinajstić information content (AvgIpc) is 3.31. The predicted octanol–water partition coefficient (Wildman–Crippen LogP) is 2.16. The van der Waals surface area contributed by atoms with E-state index in [4.69, 9.17) is 0 Å². The summed E-state index contributed by atoms with van der Waals surface area (Å²) in [5, 5.41) is 3.51. The first-order valence-corrected chi connectivity index (χ1v) is 9.97. The highest BCUT2D eigenvalue weighted by molar-refractivity contribution is 5.80. The number of aliphatic imine (C=N–C) groups is 1. The third-order valence-corrected chi connectivity index (χ3v) is 5.19. The van der Waals surface area contributed by atoms with Crippen molar-refractivity contribution in [3.05, 3.63) is 78.5 Å². The van der Waals surface area contributed by atoms with Crippen LogP contribution in [-0.4, -0.2) is 63.5 Å². The third-order valence-electron chi connectivity index (χ3n) is 5.19. The molecule has 3 heterocycles. The molecule has 0 aliphatic carbocycles. The lowest BCUT2D eigenvalue weighted by molar-refractivity contribution is 0.172. The van der Waals surface area contributed by atoms with E-state index >= 15 is 0 Å².